The van der Waals surface area contributed by atoms with Crippen molar-refractivity contribution in [1.29, 1.82) is 0 Å². The molecule has 2 aromatic heterocycles. The molecule has 4 aromatic rings. The van der Waals surface area contributed by atoms with Crippen LogP contribution in [-0.4, -0.2) is 36.3 Å². The minimum Gasteiger partial charge on any atom is -0.299 e. The molecular formula is C19H17N7OS2. The van der Waals surface area contributed by atoms with Crippen molar-refractivity contribution >= 4 is 34.1 Å². The van der Waals surface area contributed by atoms with Crippen LogP contribution in [-0.2, 0) is 17.0 Å². The van der Waals surface area contributed by atoms with Gasteiger partial charge < -0.3 is 0 Å². The van der Waals surface area contributed by atoms with Gasteiger partial charge in [0.2, 0.25) is 5.13 Å². The van der Waals surface area contributed by atoms with Gasteiger partial charge in [-0.05, 0) is 21.6 Å². The summed E-state index contributed by atoms with van der Waals surface area (Å²) in [5, 5.41) is 22.8. The summed E-state index contributed by atoms with van der Waals surface area (Å²) in [5.41, 5.74) is 2.22. The highest BCUT2D eigenvalue weighted by atomic mass is 32.2. The van der Waals surface area contributed by atoms with E-state index in [-0.39, 0.29) is 5.91 Å². The number of aromatic nitrogens is 6. The third-order valence-corrected chi connectivity index (χ3v) is 6.14. The van der Waals surface area contributed by atoms with Gasteiger partial charge in [0, 0.05) is 12.2 Å². The van der Waals surface area contributed by atoms with Crippen LogP contribution in [0.4, 0.5) is 5.13 Å². The number of hydrogen-bond donors (Lipinski definition) is 1. The molecule has 2 heterocycles. The van der Waals surface area contributed by atoms with Gasteiger partial charge in [-0.1, -0.05) is 83.8 Å². The molecule has 0 aliphatic carbocycles. The number of anilines is 1. The highest BCUT2D eigenvalue weighted by Crippen LogP contribution is 2.28. The minimum absolute atomic E-state index is 0.239. The Morgan fingerprint density at radius 3 is 2.45 bits per heavy atom. The number of thioether (sulfide) groups is 1. The maximum atomic E-state index is 12.9. The lowest BCUT2D eigenvalue weighted by molar-refractivity contribution is -0.119. The smallest absolute Gasteiger partial charge is 0.251 e. The first-order valence-electron chi connectivity index (χ1n) is 8.85. The van der Waals surface area contributed by atoms with Gasteiger partial charge in [-0.25, -0.2) is 4.68 Å². The molecule has 146 valence electrons. The lowest BCUT2D eigenvalue weighted by Gasteiger charge is -2.15. The number of rotatable bonds is 8. The Labute approximate surface area is 175 Å². The molecule has 1 N–H and O–H groups in total. The Hall–Kier alpha value is -3.11. The SMILES string of the molecule is O=C(Nc1nnc(SCc2ccccc2)s1)C(Cc1ccccc1)n1cnnn1. The van der Waals surface area contributed by atoms with Gasteiger partial charge in [0.25, 0.3) is 5.91 Å². The second-order valence-electron chi connectivity index (χ2n) is 6.13. The van der Waals surface area contributed by atoms with E-state index >= 15 is 0 Å². The number of benzene rings is 2. The van der Waals surface area contributed by atoms with E-state index in [1.54, 1.807) is 11.8 Å². The van der Waals surface area contributed by atoms with Gasteiger partial charge >= 0.3 is 0 Å². The van der Waals surface area contributed by atoms with Crippen molar-refractivity contribution in [3.05, 3.63) is 78.1 Å². The number of tetrazole rings is 1. The van der Waals surface area contributed by atoms with Crippen molar-refractivity contribution in [3.8, 4) is 0 Å². The predicted molar refractivity (Wildman–Crippen MR) is 112 cm³/mol. The van der Waals surface area contributed by atoms with E-state index in [1.807, 2.05) is 48.5 Å². The largest absolute Gasteiger partial charge is 0.299 e. The van der Waals surface area contributed by atoms with Gasteiger partial charge in [-0.15, -0.1) is 15.3 Å². The molecule has 8 nitrogen and oxygen atoms in total. The van der Waals surface area contributed by atoms with Crippen LogP contribution in [0.15, 0.2) is 71.3 Å². The molecule has 10 heteroatoms. The zero-order valence-corrected chi connectivity index (χ0v) is 16.9. The molecule has 4 rings (SSSR count). The molecule has 0 fully saturated rings. The Morgan fingerprint density at radius 2 is 1.76 bits per heavy atom. The van der Waals surface area contributed by atoms with E-state index < -0.39 is 6.04 Å². The zero-order chi connectivity index (χ0) is 19.9. The number of nitrogens with zero attached hydrogens (tertiary/aromatic N) is 6. The quantitative estimate of drug-likeness (QED) is 0.343. The van der Waals surface area contributed by atoms with Crippen LogP contribution >= 0.6 is 23.1 Å². The Balaban J connectivity index is 1.42. The van der Waals surface area contributed by atoms with Gasteiger partial charge in [0.15, 0.2) is 4.34 Å². The summed E-state index contributed by atoms with van der Waals surface area (Å²) in [7, 11) is 0. The molecule has 0 radical (unpaired) electrons. The molecular weight excluding hydrogens is 406 g/mol. The topological polar surface area (TPSA) is 98.5 Å². The van der Waals surface area contributed by atoms with Crippen LogP contribution in [0.1, 0.15) is 17.2 Å². The average molecular weight is 424 g/mol. The molecule has 0 aliphatic rings. The van der Waals surface area contributed by atoms with E-state index in [1.165, 1.54) is 27.9 Å². The summed E-state index contributed by atoms with van der Waals surface area (Å²) in [6.45, 7) is 0. The molecule has 1 amide bonds. The summed E-state index contributed by atoms with van der Waals surface area (Å²) in [6, 6.07) is 19.3. The highest BCUT2D eigenvalue weighted by molar-refractivity contribution is 8.00. The van der Waals surface area contributed by atoms with Crippen molar-refractivity contribution in [3.63, 3.8) is 0 Å². The third-order valence-electron chi connectivity index (χ3n) is 4.10. The molecule has 0 aliphatic heterocycles. The standard InChI is InChI=1S/C19H17N7OS2/c27-17(16(26-13-20-24-25-26)11-14-7-3-1-4-8-14)21-18-22-23-19(29-18)28-12-15-9-5-2-6-10-15/h1-10,13,16H,11-12H2,(H,21,22,27). The lowest BCUT2D eigenvalue weighted by atomic mass is 10.1. The molecule has 2 aromatic carbocycles. The predicted octanol–water partition coefficient (Wildman–Crippen LogP) is 3.24. The van der Waals surface area contributed by atoms with Crippen LogP contribution in [0.3, 0.4) is 0 Å². The summed E-state index contributed by atoms with van der Waals surface area (Å²) in [4.78, 5) is 12.9. The maximum absolute atomic E-state index is 12.9. The van der Waals surface area contributed by atoms with Gasteiger partial charge in [-0.3, -0.25) is 10.1 Å². The first-order chi connectivity index (χ1) is 14.3. The number of hydrogen-bond acceptors (Lipinski definition) is 8. The van der Waals surface area contributed by atoms with Gasteiger partial charge in [-0.2, -0.15) is 0 Å². The fraction of sp³-hybridized carbons (Fsp3) is 0.158. The number of nitrogens with one attached hydrogen (secondary N) is 1. The first-order valence-corrected chi connectivity index (χ1v) is 10.7. The van der Waals surface area contributed by atoms with Crippen LogP contribution in [0.25, 0.3) is 0 Å². The third kappa shape index (κ3) is 5.24. The van der Waals surface area contributed by atoms with E-state index in [0.29, 0.717) is 11.6 Å². The molecule has 0 saturated carbocycles. The fourth-order valence-corrected chi connectivity index (χ4v) is 4.39. The highest BCUT2D eigenvalue weighted by Gasteiger charge is 2.23. The summed E-state index contributed by atoms with van der Waals surface area (Å²) in [6.07, 6.45) is 1.90. The first kappa shape index (κ1) is 19.2. The van der Waals surface area contributed by atoms with Gasteiger partial charge in [0.1, 0.15) is 12.4 Å². The molecule has 1 unspecified atom stereocenters. The minimum atomic E-state index is -0.586. The Kier molecular flexibility index (Phi) is 6.22. The fourth-order valence-electron chi connectivity index (χ4n) is 2.68. The summed E-state index contributed by atoms with van der Waals surface area (Å²) in [5.74, 6) is 0.557. The van der Waals surface area contributed by atoms with E-state index in [0.717, 1.165) is 15.7 Å². The number of amides is 1. The Morgan fingerprint density at radius 1 is 1.03 bits per heavy atom. The summed E-state index contributed by atoms with van der Waals surface area (Å²) < 4.78 is 2.25. The average Bonchev–Trinajstić information content (AvgIpc) is 3.44. The van der Waals surface area contributed by atoms with E-state index in [4.69, 9.17) is 0 Å². The zero-order valence-electron chi connectivity index (χ0n) is 15.3. The molecule has 0 spiro atoms. The van der Waals surface area contributed by atoms with E-state index in [2.05, 4.69) is 43.2 Å². The van der Waals surface area contributed by atoms with Crippen LogP contribution < -0.4 is 5.32 Å². The normalized spacial score (nSPS) is 11.9. The van der Waals surface area contributed by atoms with Crippen molar-refractivity contribution in [2.24, 2.45) is 0 Å². The molecule has 29 heavy (non-hydrogen) atoms. The van der Waals surface area contributed by atoms with Crippen LogP contribution in [0, 0.1) is 0 Å². The van der Waals surface area contributed by atoms with Crippen molar-refractivity contribution < 1.29 is 4.79 Å². The van der Waals surface area contributed by atoms with Crippen molar-refractivity contribution in [2.75, 3.05) is 5.32 Å². The monoisotopic (exact) mass is 423 g/mol. The second-order valence-corrected chi connectivity index (χ2v) is 8.33. The number of carbonyl (C=O) groups excluding carboxylic acids is 1. The number of carbonyl (C=O) groups is 1. The lowest BCUT2D eigenvalue weighted by Crippen LogP contribution is -2.28. The second kappa shape index (κ2) is 9.39. The molecule has 1 atom stereocenters. The Bertz CT molecular complexity index is 1040. The van der Waals surface area contributed by atoms with Crippen LogP contribution in [0.5, 0.6) is 0 Å². The van der Waals surface area contributed by atoms with Gasteiger partial charge in [0.05, 0.1) is 0 Å². The summed E-state index contributed by atoms with van der Waals surface area (Å²) >= 11 is 2.94. The van der Waals surface area contributed by atoms with E-state index in [9.17, 15) is 4.79 Å². The molecule has 0 saturated heterocycles. The molecule has 0 bridgehead atoms. The van der Waals surface area contributed by atoms with Crippen molar-refractivity contribution in [2.45, 2.75) is 22.6 Å². The van der Waals surface area contributed by atoms with Crippen molar-refractivity contribution in [1.82, 2.24) is 30.4 Å². The maximum Gasteiger partial charge on any atom is 0.251 e. The van der Waals surface area contributed by atoms with Crippen LogP contribution in [0.2, 0.25) is 0 Å².